The molecule has 2 rings (SSSR count). The fraction of sp³-hybridized carbons (Fsp3) is 0.267. The molecular formula is C15H16N2O4. The summed E-state index contributed by atoms with van der Waals surface area (Å²) in [5.74, 6) is -0.946. The molecule has 6 nitrogen and oxygen atoms in total. The van der Waals surface area contributed by atoms with Gasteiger partial charge in [-0.3, -0.25) is 4.79 Å². The first-order valence-corrected chi connectivity index (χ1v) is 6.47. The van der Waals surface area contributed by atoms with E-state index >= 15 is 0 Å². The first kappa shape index (κ1) is 14.8. The lowest BCUT2D eigenvalue weighted by atomic mass is 10.0. The van der Waals surface area contributed by atoms with Crippen LogP contribution in [0.5, 0.6) is 0 Å². The Morgan fingerprint density at radius 2 is 1.86 bits per heavy atom. The van der Waals surface area contributed by atoms with Crippen molar-refractivity contribution in [2.24, 2.45) is 0 Å². The Morgan fingerprint density at radius 3 is 2.38 bits per heavy atom. The predicted octanol–water partition coefficient (Wildman–Crippen LogP) is 2.48. The molecule has 0 aliphatic carbocycles. The van der Waals surface area contributed by atoms with Crippen LogP contribution in [0, 0.1) is 13.8 Å². The fourth-order valence-electron chi connectivity index (χ4n) is 2.32. The third-order valence-corrected chi connectivity index (χ3v) is 3.27. The van der Waals surface area contributed by atoms with Crippen LogP contribution in [0.3, 0.4) is 0 Å². The van der Waals surface area contributed by atoms with Crippen LogP contribution in [0.2, 0.25) is 0 Å². The summed E-state index contributed by atoms with van der Waals surface area (Å²) in [4.78, 5) is 23.4. The third-order valence-electron chi connectivity index (χ3n) is 3.27. The van der Waals surface area contributed by atoms with Crippen LogP contribution in [-0.2, 0) is 0 Å². The third kappa shape index (κ3) is 2.94. The van der Waals surface area contributed by atoms with E-state index in [4.69, 9.17) is 9.63 Å². The van der Waals surface area contributed by atoms with Crippen molar-refractivity contribution >= 4 is 11.9 Å². The van der Waals surface area contributed by atoms with Crippen molar-refractivity contribution in [1.29, 1.82) is 0 Å². The van der Waals surface area contributed by atoms with Crippen LogP contribution in [0.4, 0.5) is 0 Å². The zero-order valence-electron chi connectivity index (χ0n) is 12.0. The van der Waals surface area contributed by atoms with Crippen LogP contribution in [0.25, 0.3) is 0 Å². The van der Waals surface area contributed by atoms with E-state index in [-0.39, 0.29) is 17.2 Å². The number of benzene rings is 1. The summed E-state index contributed by atoms with van der Waals surface area (Å²) >= 11 is 0. The maximum Gasteiger partial charge on any atom is 0.336 e. The van der Waals surface area contributed by atoms with E-state index in [1.54, 1.807) is 32.9 Å². The highest BCUT2D eigenvalue weighted by molar-refractivity contribution is 6.04. The van der Waals surface area contributed by atoms with Crippen LogP contribution in [-0.4, -0.2) is 22.1 Å². The van der Waals surface area contributed by atoms with Gasteiger partial charge in [-0.05, 0) is 32.9 Å². The first-order chi connectivity index (χ1) is 9.91. The highest BCUT2D eigenvalue weighted by Gasteiger charge is 2.21. The van der Waals surface area contributed by atoms with Gasteiger partial charge in [-0.25, -0.2) is 4.79 Å². The van der Waals surface area contributed by atoms with Crippen molar-refractivity contribution in [3.05, 3.63) is 52.4 Å². The van der Waals surface area contributed by atoms with Crippen LogP contribution in [0.1, 0.15) is 50.7 Å². The molecular weight excluding hydrogens is 272 g/mol. The van der Waals surface area contributed by atoms with E-state index in [1.165, 1.54) is 12.1 Å². The molecule has 110 valence electrons. The Bertz CT molecular complexity index is 671. The number of amides is 1. The maximum atomic E-state index is 12.3. The standard InChI is InChI=1S/C15H16N2O4/c1-8(13-9(2)17-21-10(13)3)16-14(18)11-6-4-5-7-12(11)15(19)20/h4-8H,1-3H3,(H,16,18)(H,19,20). The highest BCUT2D eigenvalue weighted by Crippen LogP contribution is 2.21. The van der Waals surface area contributed by atoms with Crippen molar-refractivity contribution in [2.45, 2.75) is 26.8 Å². The molecule has 0 spiro atoms. The summed E-state index contributed by atoms with van der Waals surface area (Å²) in [7, 11) is 0. The number of carboxylic acids is 1. The lowest BCUT2D eigenvalue weighted by Crippen LogP contribution is -2.28. The Balaban J connectivity index is 2.25. The molecule has 1 heterocycles. The quantitative estimate of drug-likeness (QED) is 0.901. The van der Waals surface area contributed by atoms with Gasteiger partial charge in [0.1, 0.15) is 5.76 Å². The number of hydrogen-bond donors (Lipinski definition) is 2. The summed E-state index contributed by atoms with van der Waals surface area (Å²) in [6.07, 6.45) is 0. The smallest absolute Gasteiger partial charge is 0.336 e. The normalized spacial score (nSPS) is 12.0. The molecule has 0 bridgehead atoms. The molecule has 21 heavy (non-hydrogen) atoms. The first-order valence-electron chi connectivity index (χ1n) is 6.47. The number of aromatic nitrogens is 1. The van der Waals surface area contributed by atoms with Gasteiger partial charge in [0.15, 0.2) is 0 Å². The number of aromatic carboxylic acids is 1. The topological polar surface area (TPSA) is 92.4 Å². The zero-order chi connectivity index (χ0) is 15.6. The Morgan fingerprint density at radius 1 is 1.24 bits per heavy atom. The van der Waals surface area contributed by atoms with Gasteiger partial charge >= 0.3 is 5.97 Å². The second-order valence-corrected chi connectivity index (χ2v) is 4.78. The minimum absolute atomic E-state index is 0.0269. The molecule has 0 aliphatic heterocycles. The molecule has 6 heteroatoms. The van der Waals surface area contributed by atoms with E-state index in [0.717, 1.165) is 5.56 Å². The molecule has 1 amide bonds. The zero-order valence-corrected chi connectivity index (χ0v) is 12.0. The van der Waals surface area contributed by atoms with E-state index in [1.807, 2.05) is 0 Å². The number of carboxylic acid groups (broad SMARTS) is 1. The molecule has 0 radical (unpaired) electrons. The number of carbonyl (C=O) groups is 2. The van der Waals surface area contributed by atoms with Gasteiger partial charge in [0.2, 0.25) is 0 Å². The summed E-state index contributed by atoms with van der Waals surface area (Å²) in [6.45, 7) is 5.36. The van der Waals surface area contributed by atoms with Crippen molar-refractivity contribution in [2.75, 3.05) is 0 Å². The van der Waals surface area contributed by atoms with E-state index in [0.29, 0.717) is 11.5 Å². The second kappa shape index (κ2) is 5.78. The van der Waals surface area contributed by atoms with Gasteiger partial charge in [0.25, 0.3) is 5.91 Å². The molecule has 0 fully saturated rings. The Labute approximate surface area is 121 Å². The Hall–Kier alpha value is -2.63. The highest BCUT2D eigenvalue weighted by atomic mass is 16.5. The van der Waals surface area contributed by atoms with Gasteiger partial charge in [-0.15, -0.1) is 0 Å². The van der Waals surface area contributed by atoms with Crippen LogP contribution >= 0.6 is 0 Å². The van der Waals surface area contributed by atoms with E-state index in [9.17, 15) is 9.59 Å². The molecule has 1 unspecified atom stereocenters. The average molecular weight is 288 g/mol. The number of nitrogens with one attached hydrogen (secondary N) is 1. The molecule has 2 aromatic rings. The molecule has 0 saturated carbocycles. The van der Waals surface area contributed by atoms with Gasteiger partial charge in [0.05, 0.1) is 22.9 Å². The summed E-state index contributed by atoms with van der Waals surface area (Å²) in [6, 6.07) is 5.77. The molecule has 0 saturated heterocycles. The molecule has 2 N–H and O–H groups in total. The number of hydrogen-bond acceptors (Lipinski definition) is 4. The number of aryl methyl sites for hydroxylation is 2. The lowest BCUT2D eigenvalue weighted by molar-refractivity contribution is 0.0690. The molecule has 1 atom stereocenters. The van der Waals surface area contributed by atoms with Gasteiger partial charge in [-0.1, -0.05) is 17.3 Å². The molecule has 1 aromatic carbocycles. The average Bonchev–Trinajstić information content (AvgIpc) is 2.78. The number of carbonyl (C=O) groups excluding carboxylic acids is 1. The van der Waals surface area contributed by atoms with Gasteiger partial charge < -0.3 is 14.9 Å². The van der Waals surface area contributed by atoms with Crippen molar-refractivity contribution < 1.29 is 19.2 Å². The monoisotopic (exact) mass is 288 g/mol. The van der Waals surface area contributed by atoms with E-state index < -0.39 is 11.9 Å². The SMILES string of the molecule is Cc1noc(C)c1C(C)NC(=O)c1ccccc1C(=O)O. The summed E-state index contributed by atoms with van der Waals surface area (Å²) in [5.41, 5.74) is 1.60. The van der Waals surface area contributed by atoms with Gasteiger partial charge in [-0.2, -0.15) is 0 Å². The number of nitrogens with zero attached hydrogens (tertiary/aromatic N) is 1. The van der Waals surface area contributed by atoms with Crippen molar-refractivity contribution in [3.8, 4) is 0 Å². The second-order valence-electron chi connectivity index (χ2n) is 4.78. The minimum atomic E-state index is -1.13. The van der Waals surface area contributed by atoms with Gasteiger partial charge in [0, 0.05) is 5.56 Å². The van der Waals surface area contributed by atoms with Crippen LogP contribution in [0.15, 0.2) is 28.8 Å². The molecule has 1 aromatic heterocycles. The summed E-state index contributed by atoms with van der Waals surface area (Å²) in [5, 5.41) is 15.7. The molecule has 0 aliphatic rings. The fourth-order valence-corrected chi connectivity index (χ4v) is 2.32. The Kier molecular flexibility index (Phi) is 4.07. The number of rotatable bonds is 4. The predicted molar refractivity (Wildman–Crippen MR) is 75.3 cm³/mol. The van der Waals surface area contributed by atoms with E-state index in [2.05, 4.69) is 10.5 Å². The maximum absolute atomic E-state index is 12.3. The van der Waals surface area contributed by atoms with Crippen LogP contribution < -0.4 is 5.32 Å². The largest absolute Gasteiger partial charge is 0.478 e. The lowest BCUT2D eigenvalue weighted by Gasteiger charge is -2.14. The summed E-state index contributed by atoms with van der Waals surface area (Å²) < 4.78 is 5.07. The van der Waals surface area contributed by atoms with Crippen molar-refractivity contribution in [3.63, 3.8) is 0 Å². The minimum Gasteiger partial charge on any atom is -0.478 e. The van der Waals surface area contributed by atoms with Crippen molar-refractivity contribution in [1.82, 2.24) is 10.5 Å².